The van der Waals surface area contributed by atoms with Gasteiger partial charge in [0.25, 0.3) is 0 Å². The van der Waals surface area contributed by atoms with E-state index in [1.165, 1.54) is 16.2 Å². The van der Waals surface area contributed by atoms with Crippen LogP contribution in [0.25, 0.3) is 11.1 Å². The Morgan fingerprint density at radius 1 is 1.07 bits per heavy atom. The number of benzene rings is 2. The summed E-state index contributed by atoms with van der Waals surface area (Å²) in [5.74, 6) is -2.01. The van der Waals surface area contributed by atoms with Crippen LogP contribution in [0.1, 0.15) is 67.6 Å². The van der Waals surface area contributed by atoms with Crippen LogP contribution in [0, 0.1) is 30.6 Å². The molecule has 8 heteroatoms. The van der Waals surface area contributed by atoms with Crippen LogP contribution in [0.15, 0.2) is 53.9 Å². The summed E-state index contributed by atoms with van der Waals surface area (Å²) in [6, 6.07) is 14.3. The Labute approximate surface area is 251 Å². The van der Waals surface area contributed by atoms with Crippen molar-refractivity contribution in [1.29, 1.82) is 0 Å². The monoisotopic (exact) mass is 586 g/mol. The molecule has 2 aliphatic rings. The number of nitrogens with zero attached hydrogens (tertiary/aromatic N) is 1. The first-order valence-electron chi connectivity index (χ1n) is 14.5. The zero-order chi connectivity index (χ0) is 30.4. The van der Waals surface area contributed by atoms with Crippen LogP contribution < -0.4 is 5.32 Å². The molecule has 1 aromatic heterocycles. The Bertz CT molecular complexity index is 1560. The van der Waals surface area contributed by atoms with E-state index in [2.05, 4.69) is 5.32 Å². The highest BCUT2D eigenvalue weighted by molar-refractivity contribution is 7.15. The van der Waals surface area contributed by atoms with Crippen LogP contribution >= 0.6 is 11.3 Å². The largest absolute Gasteiger partial charge is 0.462 e. The van der Waals surface area contributed by atoms with Gasteiger partial charge in [0.1, 0.15) is 16.6 Å². The molecular formula is C34H38N2O5S. The van der Waals surface area contributed by atoms with E-state index in [1.807, 2.05) is 88.5 Å². The molecular weight excluding hydrogens is 548 g/mol. The summed E-state index contributed by atoms with van der Waals surface area (Å²) in [4.78, 5) is 56.7. The number of anilines is 1. The normalized spacial score (nSPS) is 21.8. The van der Waals surface area contributed by atoms with Gasteiger partial charge in [-0.1, -0.05) is 74.9 Å². The van der Waals surface area contributed by atoms with Crippen LogP contribution in [0.2, 0.25) is 0 Å². The van der Waals surface area contributed by atoms with Gasteiger partial charge in [0.2, 0.25) is 17.7 Å². The van der Waals surface area contributed by atoms with Gasteiger partial charge in [0, 0.05) is 23.3 Å². The number of nitrogens with one attached hydrogen (secondary N) is 1. The maximum absolute atomic E-state index is 14.2. The Kier molecular flexibility index (Phi) is 7.88. The molecule has 7 nitrogen and oxygen atoms in total. The fourth-order valence-electron chi connectivity index (χ4n) is 6.65. The van der Waals surface area contributed by atoms with E-state index < -0.39 is 28.7 Å². The van der Waals surface area contributed by atoms with Crippen molar-refractivity contribution >= 4 is 40.0 Å². The van der Waals surface area contributed by atoms with Crippen molar-refractivity contribution in [2.24, 2.45) is 16.7 Å². The van der Waals surface area contributed by atoms with Gasteiger partial charge in [-0.05, 0) is 55.7 Å². The van der Waals surface area contributed by atoms with Gasteiger partial charge in [-0.2, -0.15) is 0 Å². The molecule has 3 unspecified atom stereocenters. The second kappa shape index (κ2) is 11.1. The first-order valence-corrected chi connectivity index (χ1v) is 15.4. The molecule has 5 rings (SSSR count). The predicted octanol–water partition coefficient (Wildman–Crippen LogP) is 6.57. The second-order valence-electron chi connectivity index (χ2n) is 12.2. The van der Waals surface area contributed by atoms with Crippen LogP contribution in [-0.4, -0.2) is 41.2 Å². The zero-order valence-electron chi connectivity index (χ0n) is 25.1. The van der Waals surface area contributed by atoms with Gasteiger partial charge in [0.15, 0.2) is 0 Å². The average molecular weight is 587 g/mol. The SMILES string of the molecule is CCOC(=O)c1c(-c2ccc(C)cc2C)csc1NC(=O)C(Cc1ccccc1)N1C(=O)C2CCC(C)(C1=O)C2(C)C. The zero-order valence-corrected chi connectivity index (χ0v) is 25.9. The number of carbonyl (C=O) groups excluding carboxylic acids is 4. The standard InChI is InChI=1S/C34H38N2O5S/c1-7-41-31(39)27-24(23-14-13-20(2)17-21(23)3)19-42-29(27)35-28(37)26(18-22-11-9-8-10-12-22)36-30(38)25-15-16-34(6,32(36)40)33(25,4)5/h8-14,17,19,25-26H,7,15-16,18H2,1-6H3,(H,35,37). The topological polar surface area (TPSA) is 92.8 Å². The van der Waals surface area contributed by atoms with Crippen molar-refractivity contribution < 1.29 is 23.9 Å². The van der Waals surface area contributed by atoms with Gasteiger partial charge >= 0.3 is 5.97 Å². The number of rotatable bonds is 8. The maximum atomic E-state index is 14.2. The van der Waals surface area contributed by atoms with Crippen molar-refractivity contribution in [3.8, 4) is 11.1 Å². The Hall–Kier alpha value is -3.78. The van der Waals surface area contributed by atoms with Gasteiger partial charge in [0.05, 0.1) is 12.0 Å². The molecule has 3 aromatic rings. The highest BCUT2D eigenvalue weighted by Gasteiger charge is 2.65. The predicted molar refractivity (Wildman–Crippen MR) is 164 cm³/mol. The third kappa shape index (κ3) is 4.85. The quantitative estimate of drug-likeness (QED) is 0.238. The van der Waals surface area contributed by atoms with Crippen LogP contribution in [0.3, 0.4) is 0 Å². The Balaban J connectivity index is 1.56. The number of hydrogen-bond donors (Lipinski definition) is 1. The van der Waals surface area contributed by atoms with Crippen molar-refractivity contribution in [3.63, 3.8) is 0 Å². The summed E-state index contributed by atoms with van der Waals surface area (Å²) in [5.41, 5.74) is 3.47. The lowest BCUT2D eigenvalue weighted by Gasteiger charge is -2.49. The number of fused-ring (bicyclic) bond motifs is 2. The van der Waals surface area contributed by atoms with Gasteiger partial charge in [-0.15, -0.1) is 11.3 Å². The molecule has 1 N–H and O–H groups in total. The number of aryl methyl sites for hydroxylation is 2. The number of thiophene rings is 1. The molecule has 2 aromatic carbocycles. The summed E-state index contributed by atoms with van der Waals surface area (Å²) >= 11 is 1.23. The molecule has 1 aliphatic heterocycles. The number of carbonyl (C=O) groups is 4. The Morgan fingerprint density at radius 2 is 1.79 bits per heavy atom. The lowest BCUT2D eigenvalue weighted by molar-refractivity contribution is -0.172. The highest BCUT2D eigenvalue weighted by atomic mass is 32.1. The molecule has 1 aliphatic carbocycles. The van der Waals surface area contributed by atoms with Gasteiger partial charge in [-0.25, -0.2) is 4.79 Å². The first-order chi connectivity index (χ1) is 19.9. The number of ether oxygens (including phenoxy) is 1. The van der Waals surface area contributed by atoms with E-state index in [1.54, 1.807) is 6.92 Å². The minimum Gasteiger partial charge on any atom is -0.462 e. The third-order valence-electron chi connectivity index (χ3n) is 9.52. The fourth-order valence-corrected chi connectivity index (χ4v) is 7.60. The van der Waals surface area contributed by atoms with Gasteiger partial charge < -0.3 is 10.1 Å². The number of imide groups is 1. The summed E-state index contributed by atoms with van der Waals surface area (Å²) < 4.78 is 5.41. The van der Waals surface area contributed by atoms with E-state index in [4.69, 9.17) is 4.74 Å². The molecule has 220 valence electrons. The third-order valence-corrected chi connectivity index (χ3v) is 10.4. The minimum absolute atomic E-state index is 0.164. The van der Waals surface area contributed by atoms with Crippen LogP contribution in [0.5, 0.6) is 0 Å². The molecule has 0 radical (unpaired) electrons. The van der Waals surface area contributed by atoms with Crippen molar-refractivity contribution in [1.82, 2.24) is 4.90 Å². The number of likely N-dealkylation sites (tertiary alicyclic amines) is 1. The maximum Gasteiger partial charge on any atom is 0.341 e. The minimum atomic E-state index is -1.08. The Morgan fingerprint density at radius 3 is 2.45 bits per heavy atom. The van der Waals surface area contributed by atoms with E-state index in [0.717, 1.165) is 22.3 Å². The number of esters is 1. The molecule has 2 heterocycles. The average Bonchev–Trinajstić information content (AvgIpc) is 3.43. The molecule has 42 heavy (non-hydrogen) atoms. The molecule has 1 saturated carbocycles. The van der Waals surface area contributed by atoms with E-state index in [0.29, 0.717) is 23.4 Å². The number of amides is 3. The van der Waals surface area contributed by atoms with Crippen molar-refractivity contribution in [2.45, 2.75) is 66.8 Å². The first kappa shape index (κ1) is 29.7. The lowest BCUT2D eigenvalue weighted by atomic mass is 9.62. The molecule has 3 atom stereocenters. The molecule has 1 saturated heterocycles. The summed E-state index contributed by atoms with van der Waals surface area (Å²) in [7, 11) is 0. The van der Waals surface area contributed by atoms with Crippen molar-refractivity contribution in [3.05, 3.63) is 76.2 Å². The van der Waals surface area contributed by atoms with Crippen LogP contribution in [-0.2, 0) is 25.5 Å². The molecule has 2 bridgehead atoms. The molecule has 2 fully saturated rings. The highest BCUT2D eigenvalue weighted by Crippen LogP contribution is 2.60. The lowest BCUT2D eigenvalue weighted by Crippen LogP contribution is -2.64. The summed E-state index contributed by atoms with van der Waals surface area (Å²) in [6.07, 6.45) is 1.38. The van der Waals surface area contributed by atoms with E-state index in [9.17, 15) is 19.2 Å². The number of hydrogen-bond acceptors (Lipinski definition) is 6. The summed E-state index contributed by atoms with van der Waals surface area (Å²) in [5, 5.41) is 5.12. The van der Waals surface area contributed by atoms with Crippen LogP contribution in [0.4, 0.5) is 5.00 Å². The van der Waals surface area contributed by atoms with Gasteiger partial charge in [-0.3, -0.25) is 19.3 Å². The molecule has 3 amide bonds. The molecule has 0 spiro atoms. The summed E-state index contributed by atoms with van der Waals surface area (Å²) in [6.45, 7) is 11.8. The van der Waals surface area contributed by atoms with E-state index in [-0.39, 0.29) is 36.3 Å². The fraction of sp³-hybridized carbons (Fsp3) is 0.412. The van der Waals surface area contributed by atoms with Crippen molar-refractivity contribution in [2.75, 3.05) is 11.9 Å². The van der Waals surface area contributed by atoms with E-state index >= 15 is 0 Å². The smallest absolute Gasteiger partial charge is 0.341 e. The second-order valence-corrected chi connectivity index (χ2v) is 13.1. The number of piperidine rings is 1.